The Kier molecular flexibility index (Phi) is 1.42. The van der Waals surface area contributed by atoms with Crippen molar-refractivity contribution < 1.29 is 0 Å². The van der Waals surface area contributed by atoms with Gasteiger partial charge in [0.25, 0.3) is 0 Å². The third-order valence-corrected chi connectivity index (χ3v) is 6.69. The minimum Gasteiger partial charge on any atom is -0.0848 e. The molecule has 4 bridgehead atoms. The lowest BCUT2D eigenvalue weighted by Crippen LogP contribution is -2.35. The summed E-state index contributed by atoms with van der Waals surface area (Å²) in [6.07, 6.45) is 16.4. The standard InChI is InChI=1S/C16H20/c1-2-10-5-9(1)13-7-15-11-3-4-12(6-11)16(15)8-14(10)13/h1-4,9-16H,5-8H2. The summed E-state index contributed by atoms with van der Waals surface area (Å²) in [5, 5.41) is 0. The smallest absolute Gasteiger partial charge is 0.0196 e. The fourth-order valence-corrected chi connectivity index (χ4v) is 6.08. The van der Waals surface area contributed by atoms with Crippen molar-refractivity contribution in [3.8, 4) is 0 Å². The number of hydrogen-bond acceptors (Lipinski definition) is 0. The SMILES string of the molecule is C1=CC2CC1C1CC3C4C=CC(C4)C3CC21. The van der Waals surface area contributed by atoms with E-state index in [9.17, 15) is 0 Å². The predicted octanol–water partition coefficient (Wildman–Crippen LogP) is 3.66. The van der Waals surface area contributed by atoms with E-state index in [0.29, 0.717) is 0 Å². The van der Waals surface area contributed by atoms with Gasteiger partial charge >= 0.3 is 0 Å². The molecule has 0 N–H and O–H groups in total. The molecular weight excluding hydrogens is 192 g/mol. The normalized spacial score (nSPS) is 64.0. The van der Waals surface area contributed by atoms with Crippen molar-refractivity contribution in [3.05, 3.63) is 24.3 Å². The van der Waals surface area contributed by atoms with Gasteiger partial charge in [-0.3, -0.25) is 0 Å². The van der Waals surface area contributed by atoms with Crippen molar-refractivity contribution >= 4 is 0 Å². The van der Waals surface area contributed by atoms with Crippen LogP contribution >= 0.6 is 0 Å². The molecule has 8 unspecified atom stereocenters. The Morgan fingerprint density at radius 2 is 0.750 bits per heavy atom. The Hall–Kier alpha value is -0.520. The first-order valence-electron chi connectivity index (χ1n) is 7.27. The number of rotatable bonds is 0. The maximum Gasteiger partial charge on any atom is -0.0196 e. The van der Waals surface area contributed by atoms with Gasteiger partial charge in [0, 0.05) is 0 Å². The van der Waals surface area contributed by atoms with Crippen molar-refractivity contribution in [1.29, 1.82) is 0 Å². The molecule has 0 saturated heterocycles. The molecule has 5 aliphatic rings. The van der Waals surface area contributed by atoms with Crippen molar-refractivity contribution in [2.24, 2.45) is 47.3 Å². The molecule has 0 heteroatoms. The van der Waals surface area contributed by atoms with Gasteiger partial charge in [-0.25, -0.2) is 0 Å². The number of allylic oxidation sites excluding steroid dienone is 4. The third kappa shape index (κ3) is 0.858. The van der Waals surface area contributed by atoms with Crippen LogP contribution in [0.3, 0.4) is 0 Å². The van der Waals surface area contributed by atoms with Crippen LogP contribution in [0.15, 0.2) is 24.3 Å². The second-order valence-corrected chi connectivity index (χ2v) is 7.02. The molecule has 16 heavy (non-hydrogen) atoms. The quantitative estimate of drug-likeness (QED) is 0.538. The predicted molar refractivity (Wildman–Crippen MR) is 64.7 cm³/mol. The molecule has 84 valence electrons. The Labute approximate surface area is 97.8 Å². The van der Waals surface area contributed by atoms with Gasteiger partial charge in [-0.1, -0.05) is 24.3 Å². The van der Waals surface area contributed by atoms with Crippen molar-refractivity contribution in [2.45, 2.75) is 25.7 Å². The molecule has 5 rings (SSSR count). The van der Waals surface area contributed by atoms with Gasteiger partial charge < -0.3 is 0 Å². The van der Waals surface area contributed by atoms with Crippen LogP contribution in [0.4, 0.5) is 0 Å². The zero-order valence-corrected chi connectivity index (χ0v) is 9.76. The minimum absolute atomic E-state index is 0.985. The highest BCUT2D eigenvalue weighted by Gasteiger charge is 2.55. The van der Waals surface area contributed by atoms with Crippen LogP contribution in [-0.4, -0.2) is 0 Å². The van der Waals surface area contributed by atoms with E-state index in [4.69, 9.17) is 0 Å². The first kappa shape index (κ1) is 8.55. The van der Waals surface area contributed by atoms with E-state index in [1.807, 2.05) is 0 Å². The molecule has 0 aromatic rings. The Balaban J connectivity index is 1.52. The summed E-state index contributed by atoms with van der Waals surface area (Å²) >= 11 is 0. The van der Waals surface area contributed by atoms with Gasteiger partial charge in [0.05, 0.1) is 0 Å². The van der Waals surface area contributed by atoms with Crippen molar-refractivity contribution in [3.63, 3.8) is 0 Å². The molecule has 3 fully saturated rings. The second kappa shape index (κ2) is 2.66. The highest BCUT2D eigenvalue weighted by Crippen LogP contribution is 2.63. The lowest BCUT2D eigenvalue weighted by Gasteiger charge is -2.43. The molecule has 0 aromatic carbocycles. The summed E-state index contributed by atoms with van der Waals surface area (Å²) < 4.78 is 0. The topological polar surface area (TPSA) is 0 Å². The van der Waals surface area contributed by atoms with Gasteiger partial charge in [0.1, 0.15) is 0 Å². The average molecular weight is 212 g/mol. The van der Waals surface area contributed by atoms with E-state index in [1.165, 1.54) is 12.8 Å². The minimum atomic E-state index is 0.985. The molecule has 5 aliphatic carbocycles. The molecule has 8 atom stereocenters. The van der Waals surface area contributed by atoms with E-state index in [-0.39, 0.29) is 0 Å². The summed E-state index contributed by atoms with van der Waals surface area (Å²) in [5.41, 5.74) is 0. The van der Waals surface area contributed by atoms with Crippen LogP contribution in [0.5, 0.6) is 0 Å². The average Bonchev–Trinajstić information content (AvgIpc) is 3.07. The number of hydrogen-bond donors (Lipinski definition) is 0. The molecule has 0 aromatic heterocycles. The van der Waals surface area contributed by atoms with Gasteiger partial charge in [-0.2, -0.15) is 0 Å². The summed E-state index contributed by atoms with van der Waals surface area (Å²) in [6.45, 7) is 0. The molecule has 3 saturated carbocycles. The van der Waals surface area contributed by atoms with E-state index in [0.717, 1.165) is 47.3 Å². The van der Waals surface area contributed by atoms with Crippen molar-refractivity contribution in [1.82, 2.24) is 0 Å². The number of fused-ring (bicyclic) bond motifs is 10. The molecule has 0 spiro atoms. The van der Waals surface area contributed by atoms with Gasteiger partial charge in [0.15, 0.2) is 0 Å². The lowest BCUT2D eigenvalue weighted by molar-refractivity contribution is 0.0961. The van der Waals surface area contributed by atoms with Gasteiger partial charge in [-0.15, -0.1) is 0 Å². The van der Waals surface area contributed by atoms with Crippen LogP contribution in [0.25, 0.3) is 0 Å². The molecule has 0 amide bonds. The maximum absolute atomic E-state index is 2.55. The summed E-state index contributed by atoms with van der Waals surface area (Å²) in [5.74, 6) is 8.29. The highest BCUT2D eigenvalue weighted by molar-refractivity contribution is 5.20. The fourth-order valence-electron chi connectivity index (χ4n) is 6.08. The lowest BCUT2D eigenvalue weighted by atomic mass is 9.62. The first-order chi connectivity index (χ1) is 7.90. The Bertz CT molecular complexity index is 321. The van der Waals surface area contributed by atoms with Gasteiger partial charge in [0.2, 0.25) is 0 Å². The zero-order valence-electron chi connectivity index (χ0n) is 9.76. The third-order valence-electron chi connectivity index (χ3n) is 6.69. The molecule has 0 aliphatic heterocycles. The van der Waals surface area contributed by atoms with Crippen LogP contribution < -0.4 is 0 Å². The largest absolute Gasteiger partial charge is 0.0848 e. The van der Waals surface area contributed by atoms with Crippen molar-refractivity contribution in [2.75, 3.05) is 0 Å². The summed E-state index contributed by atoms with van der Waals surface area (Å²) in [6, 6.07) is 0. The van der Waals surface area contributed by atoms with Crippen LogP contribution in [-0.2, 0) is 0 Å². The highest BCUT2D eigenvalue weighted by atomic mass is 14.6. The van der Waals surface area contributed by atoms with E-state index < -0.39 is 0 Å². The maximum atomic E-state index is 2.55. The van der Waals surface area contributed by atoms with E-state index in [2.05, 4.69) is 24.3 Å². The summed E-state index contributed by atoms with van der Waals surface area (Å²) in [4.78, 5) is 0. The molecule has 0 heterocycles. The van der Waals surface area contributed by atoms with E-state index in [1.54, 1.807) is 12.8 Å². The molecule has 0 nitrogen and oxygen atoms in total. The fraction of sp³-hybridized carbons (Fsp3) is 0.750. The first-order valence-corrected chi connectivity index (χ1v) is 7.27. The second-order valence-electron chi connectivity index (χ2n) is 7.02. The van der Waals surface area contributed by atoms with Crippen LogP contribution in [0.2, 0.25) is 0 Å². The Morgan fingerprint density at radius 3 is 1.06 bits per heavy atom. The molecular formula is C16H20. The van der Waals surface area contributed by atoms with Gasteiger partial charge in [-0.05, 0) is 73.0 Å². The molecule has 0 radical (unpaired) electrons. The van der Waals surface area contributed by atoms with Crippen LogP contribution in [0, 0.1) is 47.3 Å². The Morgan fingerprint density at radius 1 is 0.438 bits per heavy atom. The summed E-state index contributed by atoms with van der Waals surface area (Å²) in [7, 11) is 0. The van der Waals surface area contributed by atoms with Crippen LogP contribution in [0.1, 0.15) is 25.7 Å². The zero-order chi connectivity index (χ0) is 10.3. The van der Waals surface area contributed by atoms with E-state index >= 15 is 0 Å². The monoisotopic (exact) mass is 212 g/mol.